The summed E-state index contributed by atoms with van der Waals surface area (Å²) in [6, 6.07) is 8.45. The van der Waals surface area contributed by atoms with Gasteiger partial charge in [0, 0.05) is 5.41 Å². The number of halogens is 5. The molecule has 28 heavy (non-hydrogen) atoms. The van der Waals surface area contributed by atoms with E-state index >= 15 is 0 Å². The van der Waals surface area contributed by atoms with E-state index in [-0.39, 0.29) is 5.71 Å². The molecule has 0 unspecified atom stereocenters. The fourth-order valence-corrected chi connectivity index (χ4v) is 2.54. The summed E-state index contributed by atoms with van der Waals surface area (Å²) in [7, 11) is 0. The van der Waals surface area contributed by atoms with Gasteiger partial charge in [-0.25, -0.2) is 26.7 Å². The topological polar surface area (TPSA) is 38.7 Å². The number of hydrogen-bond acceptors (Lipinski definition) is 3. The van der Waals surface area contributed by atoms with Crippen LogP contribution in [0.25, 0.3) is 0 Å². The third kappa shape index (κ3) is 4.11. The zero-order chi connectivity index (χ0) is 21.1. The van der Waals surface area contributed by atoms with Crippen LogP contribution < -0.4 is 0 Å². The fourth-order valence-electron chi connectivity index (χ4n) is 2.54. The van der Waals surface area contributed by atoms with Crippen LogP contribution in [0, 0.1) is 34.5 Å². The molecule has 0 fully saturated rings. The minimum Gasteiger partial charge on any atom is -0.312 e. The van der Waals surface area contributed by atoms with Crippen LogP contribution in [0.1, 0.15) is 36.2 Å². The van der Waals surface area contributed by atoms with Gasteiger partial charge in [-0.3, -0.25) is 0 Å². The zero-order valence-corrected chi connectivity index (χ0v) is 15.0. The van der Waals surface area contributed by atoms with E-state index in [1.54, 1.807) is 50.3 Å². The first-order valence-corrected chi connectivity index (χ1v) is 8.09. The van der Waals surface area contributed by atoms with Gasteiger partial charge in [-0.2, -0.15) is 0 Å². The van der Waals surface area contributed by atoms with E-state index in [0.717, 1.165) is 0 Å². The standard InChI is InChI=1S/C20H16F5NO2/c1-4-10-20(2,3)18(11-8-6-5-7-9-11)26-28-19(27)12-13(21)15(23)17(25)16(24)14(12)22/h4-9H,1,10H2,2-3H3/b26-18+. The Bertz CT molecular complexity index is 910. The first kappa shape index (κ1) is 21.3. The Balaban J connectivity index is 2.49. The maximum Gasteiger partial charge on any atom is 0.371 e. The largest absolute Gasteiger partial charge is 0.371 e. The van der Waals surface area contributed by atoms with Gasteiger partial charge in [0.1, 0.15) is 5.56 Å². The molecule has 0 bridgehead atoms. The van der Waals surface area contributed by atoms with Crippen molar-refractivity contribution in [3.05, 3.63) is 83.2 Å². The number of hydrogen-bond donors (Lipinski definition) is 0. The number of oxime groups is 1. The Labute approximate surface area is 158 Å². The van der Waals surface area contributed by atoms with E-state index in [9.17, 15) is 26.7 Å². The van der Waals surface area contributed by atoms with E-state index in [0.29, 0.717) is 12.0 Å². The molecule has 2 aromatic carbocycles. The molecule has 0 aliphatic rings. The van der Waals surface area contributed by atoms with Crippen LogP contribution in [-0.4, -0.2) is 11.7 Å². The number of rotatable bonds is 6. The van der Waals surface area contributed by atoms with Crippen molar-refractivity contribution in [2.75, 3.05) is 0 Å². The molecule has 0 aromatic heterocycles. The summed E-state index contributed by atoms with van der Waals surface area (Å²) in [5, 5.41) is 3.67. The molecule has 8 heteroatoms. The molecule has 2 aromatic rings. The highest BCUT2D eigenvalue weighted by Gasteiger charge is 2.32. The monoisotopic (exact) mass is 397 g/mol. The number of nitrogens with zero attached hydrogens (tertiary/aromatic N) is 1. The Morgan fingerprint density at radius 3 is 2.00 bits per heavy atom. The third-order valence-corrected chi connectivity index (χ3v) is 3.98. The highest BCUT2D eigenvalue weighted by molar-refractivity contribution is 6.04. The Hall–Kier alpha value is -3.03. The molecule has 0 N–H and O–H groups in total. The summed E-state index contributed by atoms with van der Waals surface area (Å²) >= 11 is 0. The third-order valence-electron chi connectivity index (χ3n) is 3.98. The van der Waals surface area contributed by atoms with Crippen molar-refractivity contribution in [3.8, 4) is 0 Å². The number of carbonyl (C=O) groups excluding carboxylic acids is 1. The summed E-state index contributed by atoms with van der Waals surface area (Å²) in [6.07, 6.45) is 2.01. The summed E-state index contributed by atoms with van der Waals surface area (Å²) in [4.78, 5) is 16.6. The summed E-state index contributed by atoms with van der Waals surface area (Å²) in [5.41, 5.74) is -1.65. The van der Waals surface area contributed by atoms with Crippen molar-refractivity contribution in [2.24, 2.45) is 10.6 Å². The molecule has 0 amide bonds. The lowest BCUT2D eigenvalue weighted by Gasteiger charge is -2.24. The molecule has 0 aliphatic carbocycles. The predicted octanol–water partition coefficient (Wildman–Crippen LogP) is 5.55. The van der Waals surface area contributed by atoms with Gasteiger partial charge in [-0.05, 0) is 12.0 Å². The highest BCUT2D eigenvalue weighted by Crippen LogP contribution is 2.28. The smallest absolute Gasteiger partial charge is 0.312 e. The first-order valence-electron chi connectivity index (χ1n) is 8.09. The molecule has 3 nitrogen and oxygen atoms in total. The molecular weight excluding hydrogens is 381 g/mol. The van der Waals surface area contributed by atoms with Gasteiger partial charge in [0.2, 0.25) is 5.82 Å². The van der Waals surface area contributed by atoms with E-state index in [1.165, 1.54) is 0 Å². The van der Waals surface area contributed by atoms with Crippen molar-refractivity contribution in [1.82, 2.24) is 0 Å². The zero-order valence-electron chi connectivity index (χ0n) is 15.0. The maximum absolute atomic E-state index is 13.8. The molecular formula is C20H16F5NO2. The van der Waals surface area contributed by atoms with Gasteiger partial charge in [-0.15, -0.1) is 6.58 Å². The van der Waals surface area contributed by atoms with E-state index in [2.05, 4.69) is 16.6 Å². The SMILES string of the molecule is C=CCC(C)(C)/C(=N/OC(=O)c1c(F)c(F)c(F)c(F)c1F)c1ccccc1. The maximum atomic E-state index is 13.8. The van der Waals surface area contributed by atoms with Crippen LogP contribution in [0.2, 0.25) is 0 Å². The molecule has 0 heterocycles. The normalized spacial score (nSPS) is 12.0. The molecule has 2 rings (SSSR count). The molecule has 148 valence electrons. The molecule has 0 saturated heterocycles. The lowest BCUT2D eigenvalue weighted by Crippen LogP contribution is -2.26. The second kappa shape index (κ2) is 8.33. The molecule has 0 aliphatic heterocycles. The highest BCUT2D eigenvalue weighted by atomic mass is 19.2. The van der Waals surface area contributed by atoms with Gasteiger partial charge >= 0.3 is 5.97 Å². The molecule has 0 saturated carbocycles. The summed E-state index contributed by atoms with van der Waals surface area (Å²) in [5.74, 6) is -13.2. The number of carbonyl (C=O) groups is 1. The van der Waals surface area contributed by atoms with Crippen molar-refractivity contribution in [1.29, 1.82) is 0 Å². The molecule has 0 atom stereocenters. The lowest BCUT2D eigenvalue weighted by atomic mass is 9.80. The summed E-state index contributed by atoms with van der Waals surface area (Å²) < 4.78 is 67.3. The quantitative estimate of drug-likeness (QED) is 0.122. The Morgan fingerprint density at radius 2 is 1.50 bits per heavy atom. The van der Waals surface area contributed by atoms with Crippen LogP contribution in [0.15, 0.2) is 48.1 Å². The van der Waals surface area contributed by atoms with Crippen molar-refractivity contribution in [3.63, 3.8) is 0 Å². The average Bonchev–Trinajstić information content (AvgIpc) is 2.65. The van der Waals surface area contributed by atoms with E-state index in [1.807, 2.05) is 0 Å². The van der Waals surface area contributed by atoms with Gasteiger partial charge in [0.05, 0.1) is 5.71 Å². The van der Waals surface area contributed by atoms with Crippen LogP contribution in [0.4, 0.5) is 22.0 Å². The van der Waals surface area contributed by atoms with E-state index in [4.69, 9.17) is 0 Å². The van der Waals surface area contributed by atoms with Gasteiger partial charge < -0.3 is 4.84 Å². The lowest BCUT2D eigenvalue weighted by molar-refractivity contribution is 0.0497. The van der Waals surface area contributed by atoms with Gasteiger partial charge in [-0.1, -0.05) is 55.4 Å². The van der Waals surface area contributed by atoms with Gasteiger partial charge in [0.15, 0.2) is 23.3 Å². The van der Waals surface area contributed by atoms with Crippen LogP contribution in [0.5, 0.6) is 0 Å². The van der Waals surface area contributed by atoms with Gasteiger partial charge in [0.25, 0.3) is 0 Å². The number of benzene rings is 2. The number of allylic oxidation sites excluding steroid dienone is 1. The van der Waals surface area contributed by atoms with E-state index < -0.39 is 46.0 Å². The Morgan fingerprint density at radius 1 is 1.00 bits per heavy atom. The van der Waals surface area contributed by atoms with Crippen LogP contribution in [0.3, 0.4) is 0 Å². The molecule has 0 radical (unpaired) electrons. The van der Waals surface area contributed by atoms with Crippen molar-refractivity contribution in [2.45, 2.75) is 20.3 Å². The fraction of sp³-hybridized carbons (Fsp3) is 0.200. The first-order chi connectivity index (χ1) is 13.1. The predicted molar refractivity (Wildman–Crippen MR) is 93.2 cm³/mol. The average molecular weight is 397 g/mol. The second-order valence-electron chi connectivity index (χ2n) is 6.51. The minimum absolute atomic E-state index is 0.227. The van der Waals surface area contributed by atoms with Crippen LogP contribution >= 0.6 is 0 Å². The second-order valence-corrected chi connectivity index (χ2v) is 6.51. The molecule has 0 spiro atoms. The van der Waals surface area contributed by atoms with Crippen LogP contribution in [-0.2, 0) is 4.84 Å². The van der Waals surface area contributed by atoms with Crippen molar-refractivity contribution < 1.29 is 31.6 Å². The Kier molecular flexibility index (Phi) is 6.33. The van der Waals surface area contributed by atoms with Crippen molar-refractivity contribution >= 4 is 11.7 Å². The summed E-state index contributed by atoms with van der Waals surface area (Å²) in [6.45, 7) is 7.15. The minimum atomic E-state index is -2.37.